The molecule has 0 spiro atoms. The van der Waals surface area contributed by atoms with Gasteiger partial charge in [-0.15, -0.1) is 0 Å². The molecular formula is C24H19ClN2O3S. The lowest BCUT2D eigenvalue weighted by Crippen LogP contribution is -2.38. The molecule has 156 valence electrons. The zero-order valence-corrected chi connectivity index (χ0v) is 18.0. The van der Waals surface area contributed by atoms with Gasteiger partial charge in [-0.25, -0.2) is 8.42 Å². The van der Waals surface area contributed by atoms with Crippen LogP contribution < -0.4 is 9.62 Å². The Morgan fingerprint density at radius 3 is 2.23 bits per heavy atom. The van der Waals surface area contributed by atoms with Gasteiger partial charge in [-0.2, -0.15) is 0 Å². The molecule has 0 heterocycles. The standard InChI is InChI=1S/C24H19ClN2O3S/c25-21-14-6-7-16-23(21)27(31(29,30)19-11-2-1-3-12-19)17-24(28)26-22-15-8-10-18-9-4-5-13-20(18)22/h1-16H,17H2,(H,26,28). The highest BCUT2D eigenvalue weighted by Crippen LogP contribution is 2.30. The Kier molecular flexibility index (Phi) is 5.93. The summed E-state index contributed by atoms with van der Waals surface area (Å²) in [4.78, 5) is 13.0. The molecule has 1 N–H and O–H groups in total. The van der Waals surface area contributed by atoms with E-state index in [-0.39, 0.29) is 15.6 Å². The highest BCUT2D eigenvalue weighted by atomic mass is 35.5. The second-order valence-corrected chi connectivity index (χ2v) is 9.12. The molecule has 31 heavy (non-hydrogen) atoms. The van der Waals surface area contributed by atoms with Crippen molar-refractivity contribution < 1.29 is 13.2 Å². The van der Waals surface area contributed by atoms with Crippen LogP contribution in [0, 0.1) is 0 Å². The maximum Gasteiger partial charge on any atom is 0.264 e. The Morgan fingerprint density at radius 1 is 0.806 bits per heavy atom. The Morgan fingerprint density at radius 2 is 1.45 bits per heavy atom. The van der Waals surface area contributed by atoms with E-state index in [1.807, 2.05) is 36.4 Å². The second kappa shape index (κ2) is 8.79. The van der Waals surface area contributed by atoms with Gasteiger partial charge in [-0.1, -0.05) is 78.3 Å². The van der Waals surface area contributed by atoms with Gasteiger partial charge in [0.2, 0.25) is 5.91 Å². The number of halogens is 1. The van der Waals surface area contributed by atoms with E-state index in [9.17, 15) is 13.2 Å². The number of benzene rings is 4. The van der Waals surface area contributed by atoms with Gasteiger partial charge in [0.25, 0.3) is 10.0 Å². The van der Waals surface area contributed by atoms with Crippen molar-refractivity contribution in [2.45, 2.75) is 4.90 Å². The first-order chi connectivity index (χ1) is 15.0. The lowest BCUT2D eigenvalue weighted by atomic mass is 10.1. The van der Waals surface area contributed by atoms with Crippen LogP contribution in [0.1, 0.15) is 0 Å². The van der Waals surface area contributed by atoms with E-state index >= 15 is 0 Å². The van der Waals surface area contributed by atoms with E-state index in [0.29, 0.717) is 5.69 Å². The van der Waals surface area contributed by atoms with E-state index in [2.05, 4.69) is 5.32 Å². The smallest absolute Gasteiger partial charge is 0.264 e. The highest BCUT2D eigenvalue weighted by Gasteiger charge is 2.28. The van der Waals surface area contributed by atoms with Crippen LogP contribution in [0.5, 0.6) is 0 Å². The molecule has 0 unspecified atom stereocenters. The summed E-state index contributed by atoms with van der Waals surface area (Å²) < 4.78 is 27.8. The summed E-state index contributed by atoms with van der Waals surface area (Å²) in [5.41, 5.74) is 0.848. The predicted molar refractivity (Wildman–Crippen MR) is 125 cm³/mol. The number of fused-ring (bicyclic) bond motifs is 1. The Hall–Kier alpha value is -3.35. The first-order valence-corrected chi connectivity index (χ1v) is 11.4. The van der Waals surface area contributed by atoms with Crippen molar-refractivity contribution >= 4 is 49.7 Å². The molecule has 0 radical (unpaired) electrons. The van der Waals surface area contributed by atoms with Crippen molar-refractivity contribution in [3.8, 4) is 0 Å². The van der Waals surface area contributed by atoms with Crippen LogP contribution in [0.15, 0.2) is 102 Å². The molecule has 7 heteroatoms. The normalized spacial score (nSPS) is 11.3. The number of rotatable bonds is 6. The minimum Gasteiger partial charge on any atom is -0.324 e. The maximum absolute atomic E-state index is 13.4. The van der Waals surface area contributed by atoms with Gasteiger partial charge in [0, 0.05) is 11.1 Å². The molecule has 4 rings (SSSR count). The molecule has 1 amide bonds. The third kappa shape index (κ3) is 4.40. The summed E-state index contributed by atoms with van der Waals surface area (Å²) >= 11 is 6.30. The summed E-state index contributed by atoms with van der Waals surface area (Å²) in [7, 11) is -4.02. The molecule has 0 aliphatic carbocycles. The van der Waals surface area contributed by atoms with Crippen molar-refractivity contribution in [1.29, 1.82) is 0 Å². The largest absolute Gasteiger partial charge is 0.324 e. The topological polar surface area (TPSA) is 66.5 Å². The van der Waals surface area contributed by atoms with Gasteiger partial charge in [0.1, 0.15) is 6.54 Å². The molecule has 4 aromatic carbocycles. The lowest BCUT2D eigenvalue weighted by molar-refractivity contribution is -0.114. The monoisotopic (exact) mass is 450 g/mol. The zero-order valence-electron chi connectivity index (χ0n) is 16.4. The summed E-state index contributed by atoms with van der Waals surface area (Å²) in [5.74, 6) is -0.476. The predicted octanol–water partition coefficient (Wildman–Crippen LogP) is 5.33. The van der Waals surface area contributed by atoms with E-state index in [1.165, 1.54) is 12.1 Å². The van der Waals surface area contributed by atoms with Gasteiger partial charge in [-0.05, 0) is 35.7 Å². The van der Waals surface area contributed by atoms with Crippen LogP contribution in [-0.4, -0.2) is 20.9 Å². The third-order valence-electron chi connectivity index (χ3n) is 4.80. The summed E-state index contributed by atoms with van der Waals surface area (Å²) in [6.07, 6.45) is 0. The maximum atomic E-state index is 13.4. The van der Waals surface area contributed by atoms with Gasteiger partial charge >= 0.3 is 0 Å². The summed E-state index contributed by atoms with van der Waals surface area (Å²) in [5, 5.41) is 4.92. The fourth-order valence-corrected chi connectivity index (χ4v) is 5.08. The first kappa shape index (κ1) is 20.9. The molecule has 0 saturated heterocycles. The minimum absolute atomic E-state index is 0.0767. The van der Waals surface area contributed by atoms with Crippen molar-refractivity contribution in [2.24, 2.45) is 0 Å². The van der Waals surface area contributed by atoms with E-state index < -0.39 is 22.5 Å². The molecule has 4 aromatic rings. The van der Waals surface area contributed by atoms with Crippen LogP contribution in [0.3, 0.4) is 0 Å². The molecule has 0 aliphatic rings. The number of nitrogens with one attached hydrogen (secondary N) is 1. The fraction of sp³-hybridized carbons (Fsp3) is 0.0417. The molecule has 0 atom stereocenters. The molecule has 0 aliphatic heterocycles. The number of amides is 1. The minimum atomic E-state index is -4.02. The zero-order chi connectivity index (χ0) is 21.8. The second-order valence-electron chi connectivity index (χ2n) is 6.85. The molecular weight excluding hydrogens is 432 g/mol. The van der Waals surface area contributed by atoms with Crippen molar-refractivity contribution in [3.63, 3.8) is 0 Å². The first-order valence-electron chi connectivity index (χ1n) is 9.57. The third-order valence-corrected chi connectivity index (χ3v) is 6.90. The van der Waals surface area contributed by atoms with E-state index in [4.69, 9.17) is 11.6 Å². The number of anilines is 2. The van der Waals surface area contributed by atoms with Crippen LogP contribution in [0.4, 0.5) is 11.4 Å². The molecule has 0 saturated carbocycles. The van der Waals surface area contributed by atoms with Crippen molar-refractivity contribution in [3.05, 3.63) is 102 Å². The van der Waals surface area contributed by atoms with Gasteiger partial charge in [0.05, 0.1) is 15.6 Å². The quantitative estimate of drug-likeness (QED) is 0.432. The SMILES string of the molecule is O=C(CN(c1ccccc1Cl)S(=O)(=O)c1ccccc1)Nc1cccc2ccccc12. The van der Waals surface area contributed by atoms with Gasteiger partial charge in [-0.3, -0.25) is 9.10 Å². The molecule has 0 bridgehead atoms. The average molecular weight is 451 g/mol. The van der Waals surface area contributed by atoms with Crippen molar-refractivity contribution in [1.82, 2.24) is 0 Å². The number of hydrogen-bond donors (Lipinski definition) is 1. The molecule has 0 aromatic heterocycles. The Balaban J connectivity index is 1.70. The molecule has 0 fully saturated rings. The summed E-state index contributed by atoms with van der Waals surface area (Å²) in [6, 6.07) is 27.7. The van der Waals surface area contributed by atoms with Gasteiger partial charge in [0.15, 0.2) is 0 Å². The Labute approximate surface area is 185 Å². The number of hydrogen-bond acceptors (Lipinski definition) is 3. The van der Waals surface area contributed by atoms with Crippen LogP contribution in [-0.2, 0) is 14.8 Å². The van der Waals surface area contributed by atoms with Gasteiger partial charge < -0.3 is 5.32 Å². The average Bonchev–Trinajstić information content (AvgIpc) is 2.79. The van der Waals surface area contributed by atoms with Crippen LogP contribution in [0.2, 0.25) is 5.02 Å². The van der Waals surface area contributed by atoms with E-state index in [0.717, 1.165) is 15.1 Å². The molecule has 5 nitrogen and oxygen atoms in total. The number of carbonyl (C=O) groups is 1. The van der Waals surface area contributed by atoms with Crippen LogP contribution in [0.25, 0.3) is 10.8 Å². The van der Waals surface area contributed by atoms with E-state index in [1.54, 1.807) is 48.5 Å². The summed E-state index contributed by atoms with van der Waals surface area (Å²) in [6.45, 7) is -0.426. The van der Waals surface area contributed by atoms with Crippen LogP contribution >= 0.6 is 11.6 Å². The Bertz CT molecular complexity index is 1340. The number of para-hydroxylation sites is 1. The fourth-order valence-electron chi connectivity index (χ4n) is 3.33. The number of carbonyl (C=O) groups excluding carboxylic acids is 1. The lowest BCUT2D eigenvalue weighted by Gasteiger charge is -2.25. The highest BCUT2D eigenvalue weighted by molar-refractivity contribution is 7.92. The van der Waals surface area contributed by atoms with Crippen molar-refractivity contribution in [2.75, 3.05) is 16.2 Å². The number of nitrogens with zero attached hydrogens (tertiary/aromatic N) is 1. The number of sulfonamides is 1.